The van der Waals surface area contributed by atoms with Crippen LogP contribution in [0.25, 0.3) is 21.7 Å². The summed E-state index contributed by atoms with van der Waals surface area (Å²) < 4.78 is 1.22. The van der Waals surface area contributed by atoms with Gasteiger partial charge in [0.2, 0.25) is 17.7 Å². The molecule has 74 heavy (non-hydrogen) atoms. The molecule has 5 amide bonds. The second-order valence-corrected chi connectivity index (χ2v) is 13.7. The van der Waals surface area contributed by atoms with Gasteiger partial charge in [0.05, 0.1) is 11.9 Å². The maximum atomic E-state index is 11.0. The molecule has 12 heteroatoms. The van der Waals surface area contributed by atoms with Crippen LogP contribution in [0.5, 0.6) is 5.88 Å². The van der Waals surface area contributed by atoms with Crippen molar-refractivity contribution >= 4 is 51.1 Å². The van der Waals surface area contributed by atoms with Gasteiger partial charge in [0, 0.05) is 57.1 Å². The van der Waals surface area contributed by atoms with Gasteiger partial charge in [0.1, 0.15) is 6.42 Å². The summed E-state index contributed by atoms with van der Waals surface area (Å²) in [6, 6.07) is 38.2. The summed E-state index contributed by atoms with van der Waals surface area (Å²) in [6.07, 6.45) is 2.09. The fourth-order valence-corrected chi connectivity index (χ4v) is 5.36. The fraction of sp³-hybridized carbons (Fsp3) is 0.435. The molecular formula is C62H104N6O6. The maximum Gasteiger partial charge on any atom is 0.332 e. The summed E-state index contributed by atoms with van der Waals surface area (Å²) in [5.74, 6) is -0.756. The zero-order valence-electron chi connectivity index (χ0n) is 46.6. The van der Waals surface area contributed by atoms with Crippen LogP contribution in [0.4, 0.5) is 4.79 Å². The van der Waals surface area contributed by atoms with Gasteiger partial charge in [-0.2, -0.15) is 5.10 Å². The third-order valence-corrected chi connectivity index (χ3v) is 8.97. The average Bonchev–Trinajstić information content (AvgIpc) is 3.71. The quantitative estimate of drug-likeness (QED) is 0.149. The number of barbiturate groups is 1. The maximum absolute atomic E-state index is 11.0. The molecule has 8 rings (SSSR count). The lowest BCUT2D eigenvalue weighted by Crippen LogP contribution is -2.51. The molecule has 0 spiro atoms. The van der Waals surface area contributed by atoms with Crippen LogP contribution in [-0.2, 0) is 21.4 Å². The average molecular weight is 1030 g/mol. The molecule has 2 aliphatic rings. The lowest BCUT2D eigenvalue weighted by Gasteiger charge is -2.26. The molecule has 418 valence electrons. The van der Waals surface area contributed by atoms with Crippen molar-refractivity contribution in [2.24, 2.45) is 12.1 Å². The van der Waals surface area contributed by atoms with Gasteiger partial charge < -0.3 is 5.11 Å². The largest absolute Gasteiger partial charge is 0.494 e. The third kappa shape index (κ3) is 32.2. The van der Waals surface area contributed by atoms with Gasteiger partial charge in [-0.05, 0) is 63.1 Å². The number of imide groups is 2. The van der Waals surface area contributed by atoms with Gasteiger partial charge in [-0.15, -0.1) is 0 Å². The number of hydrogen-bond acceptors (Lipinski definition) is 8. The molecule has 1 N–H and O–H groups in total. The minimum absolute atomic E-state index is 0. The van der Waals surface area contributed by atoms with Gasteiger partial charge in [-0.25, -0.2) is 9.80 Å². The monoisotopic (exact) mass is 1030 g/mol. The molecule has 1 fully saturated rings. The van der Waals surface area contributed by atoms with Crippen molar-refractivity contribution in [3.05, 3.63) is 154 Å². The van der Waals surface area contributed by atoms with Gasteiger partial charge >= 0.3 is 6.03 Å². The Labute approximate surface area is 451 Å². The number of para-hydroxylation sites is 1. The second kappa shape index (κ2) is 51.0. The molecule has 12 nitrogen and oxygen atoms in total. The summed E-state index contributed by atoms with van der Waals surface area (Å²) in [4.78, 5) is 60.2. The summed E-state index contributed by atoms with van der Waals surface area (Å²) in [5, 5.41) is 18.4. The van der Waals surface area contributed by atoms with Crippen LogP contribution in [0.2, 0.25) is 0 Å². The van der Waals surface area contributed by atoms with Crippen LogP contribution in [0, 0.1) is 27.7 Å². The summed E-state index contributed by atoms with van der Waals surface area (Å²) in [5.41, 5.74) is 6.04. The Kier molecular flexibility index (Phi) is 57.8. The van der Waals surface area contributed by atoms with Crippen LogP contribution in [0.15, 0.2) is 131 Å². The van der Waals surface area contributed by atoms with E-state index in [0.717, 1.165) is 32.2 Å². The summed E-state index contributed by atoms with van der Waals surface area (Å²) in [6.45, 7) is 33.6. The predicted molar refractivity (Wildman–Crippen MR) is 325 cm³/mol. The molecule has 0 saturated carbocycles. The van der Waals surface area contributed by atoms with E-state index in [0.29, 0.717) is 6.42 Å². The normalized spacial score (nSPS) is 10.7. The number of rotatable bonds is 0. The molecule has 0 radical (unpaired) electrons. The van der Waals surface area contributed by atoms with Crippen LogP contribution in [0.3, 0.4) is 0 Å². The van der Waals surface area contributed by atoms with E-state index < -0.39 is 17.8 Å². The van der Waals surface area contributed by atoms with Crippen molar-refractivity contribution in [2.45, 2.75) is 160 Å². The molecule has 2 aliphatic heterocycles. The van der Waals surface area contributed by atoms with E-state index in [1.807, 2.05) is 120 Å². The minimum Gasteiger partial charge on any atom is -0.494 e. The Hall–Kier alpha value is -6.95. The van der Waals surface area contributed by atoms with Gasteiger partial charge in [0.15, 0.2) is 5.88 Å². The van der Waals surface area contributed by atoms with Crippen LogP contribution in [-0.4, -0.2) is 80.1 Å². The van der Waals surface area contributed by atoms with Crippen LogP contribution >= 0.6 is 0 Å². The molecule has 4 aromatic carbocycles. The number of carbonyl (C=O) groups is 4. The molecule has 2 aromatic heterocycles. The molecule has 0 aliphatic carbocycles. The summed E-state index contributed by atoms with van der Waals surface area (Å²) in [7, 11) is 5.92. The Balaban J connectivity index is -0.000000112. The van der Waals surface area contributed by atoms with Crippen molar-refractivity contribution in [3.8, 4) is 5.88 Å². The number of amides is 5. The molecule has 0 atom stereocenters. The Morgan fingerprint density at radius 1 is 0.459 bits per heavy atom. The fourth-order valence-electron chi connectivity index (χ4n) is 5.36. The van der Waals surface area contributed by atoms with E-state index in [2.05, 4.69) is 109 Å². The highest BCUT2D eigenvalue weighted by molar-refractivity contribution is 6.13. The molecule has 6 aromatic rings. The first kappa shape index (κ1) is 83.9. The smallest absolute Gasteiger partial charge is 0.332 e. The molecule has 4 heterocycles. The zero-order valence-corrected chi connectivity index (χ0v) is 46.6. The number of carbonyl (C=O) groups excluding carboxylic acids is 4. The standard InChI is InChI=1S/C10H8.C9H7N.C8H11NO2.C8H10.C6H8N2O3.C5H8N2O.6C2H6.4CH4/c1-2-6-10-8-4-3-7-9(10)5-1;1-2-6-9-8(4-1)5-3-7-10-9;1-5-4-7(10)9(3)8(11)6(5)2;1-7-4-3-5-8(2)6-7;1-7-4(9)3-5(10)8(2)6(7)11;1-4-3-5(8)7(2)6-4;6*1-2;;;;/h1-8H;1-7H;4,11H,1-3H3;3-6H,1-2H3;3H2,1-2H3;3H2,1-2H3;6*1-2H3;4*1H4. The highest BCUT2D eigenvalue weighted by Gasteiger charge is 2.32. The van der Waals surface area contributed by atoms with E-state index in [1.54, 1.807) is 27.9 Å². The van der Waals surface area contributed by atoms with E-state index in [4.69, 9.17) is 0 Å². The lowest BCUT2D eigenvalue weighted by atomic mass is 10.1. The number of urea groups is 1. The van der Waals surface area contributed by atoms with Crippen molar-refractivity contribution in [1.82, 2.24) is 24.4 Å². The second-order valence-electron chi connectivity index (χ2n) is 13.7. The number of aromatic hydroxyl groups is 1. The number of fused-ring (bicyclic) bond motifs is 2. The minimum atomic E-state index is -0.564. The number of pyridine rings is 2. The lowest BCUT2D eigenvalue weighted by molar-refractivity contribution is -0.140. The van der Waals surface area contributed by atoms with Crippen LogP contribution in [0.1, 0.15) is 155 Å². The number of aromatic nitrogens is 2. The molecule has 0 bridgehead atoms. The summed E-state index contributed by atoms with van der Waals surface area (Å²) >= 11 is 0. The van der Waals surface area contributed by atoms with E-state index in [1.165, 1.54) is 57.0 Å². The van der Waals surface area contributed by atoms with E-state index >= 15 is 0 Å². The number of hydrazone groups is 1. The molecule has 0 unspecified atom stereocenters. The van der Waals surface area contributed by atoms with E-state index in [-0.39, 0.29) is 53.5 Å². The van der Waals surface area contributed by atoms with Crippen molar-refractivity contribution in [1.29, 1.82) is 0 Å². The molecular weight excluding hydrogens is 925 g/mol. The third-order valence-electron chi connectivity index (χ3n) is 8.97. The predicted octanol–water partition coefficient (Wildman–Crippen LogP) is 16.4. The first-order valence-electron chi connectivity index (χ1n) is 24.5. The molecule has 1 saturated heterocycles. The van der Waals surface area contributed by atoms with Crippen molar-refractivity contribution < 1.29 is 24.3 Å². The number of nitrogens with zero attached hydrogens (tertiary/aromatic N) is 6. The number of aryl methyl sites for hydroxylation is 3. The van der Waals surface area contributed by atoms with Crippen molar-refractivity contribution in [3.63, 3.8) is 0 Å². The Bertz CT molecular complexity index is 2220. The first-order valence-corrected chi connectivity index (χ1v) is 24.5. The Morgan fingerprint density at radius 3 is 1.16 bits per heavy atom. The highest BCUT2D eigenvalue weighted by atomic mass is 16.3. The SMILES string of the molecule is C.C.C.C.CC.CC.CC.CC.CC.CC.CC1=NN(C)C(=O)C1.CN1C(=O)CC(=O)N(C)C1=O.Cc1cc(=O)n(C)c(O)c1C.Cc1cccc(C)c1.c1ccc2ccccc2c1.c1ccc2ncccc2c1. The van der Waals surface area contributed by atoms with Gasteiger partial charge in [-0.1, -0.05) is 221 Å². The topological polar surface area (TPSA) is 145 Å². The number of hydrogen-bond donors (Lipinski definition) is 1. The Morgan fingerprint density at radius 2 is 0.838 bits per heavy atom. The number of benzene rings is 4. The highest BCUT2D eigenvalue weighted by Crippen LogP contribution is 2.15. The van der Waals surface area contributed by atoms with Crippen molar-refractivity contribution in [2.75, 3.05) is 21.1 Å². The van der Waals surface area contributed by atoms with Gasteiger partial charge in [0.25, 0.3) is 5.56 Å². The zero-order chi connectivity index (χ0) is 54.9. The first-order chi connectivity index (χ1) is 33.5. The van der Waals surface area contributed by atoms with Crippen LogP contribution < -0.4 is 5.56 Å². The van der Waals surface area contributed by atoms with E-state index in [9.17, 15) is 29.1 Å². The van der Waals surface area contributed by atoms with Gasteiger partial charge in [-0.3, -0.25) is 38.5 Å².